The summed E-state index contributed by atoms with van der Waals surface area (Å²) in [6.07, 6.45) is 1.96. The molecule has 1 heterocycles. The molecule has 0 aliphatic rings. The number of nitrogens with zero attached hydrogens (tertiary/aromatic N) is 1. The standard InChI is InChI=1S/C19H17NO2/c1-12-9-13(2)18(16(21)10-12)17(22)11-15-6-3-5-14-7-4-8-20-19(14)15/h3-10,21H,11H2,1-2H3. The summed E-state index contributed by atoms with van der Waals surface area (Å²) in [7, 11) is 0. The van der Waals surface area contributed by atoms with E-state index in [1.807, 2.05) is 50.2 Å². The summed E-state index contributed by atoms with van der Waals surface area (Å²) in [4.78, 5) is 17.0. The van der Waals surface area contributed by atoms with Gasteiger partial charge in [0.2, 0.25) is 0 Å². The molecule has 1 aromatic heterocycles. The molecule has 3 nitrogen and oxygen atoms in total. The summed E-state index contributed by atoms with van der Waals surface area (Å²) in [5.41, 5.74) is 3.86. The largest absolute Gasteiger partial charge is 0.507 e. The summed E-state index contributed by atoms with van der Waals surface area (Å²) in [5.74, 6) is -0.0381. The second kappa shape index (κ2) is 5.60. The highest BCUT2D eigenvalue weighted by Gasteiger charge is 2.16. The third-order valence-electron chi connectivity index (χ3n) is 3.81. The summed E-state index contributed by atoms with van der Waals surface area (Å²) < 4.78 is 0. The molecular formula is C19H17NO2. The highest BCUT2D eigenvalue weighted by molar-refractivity contribution is 6.02. The Kier molecular flexibility index (Phi) is 3.63. The predicted molar refractivity (Wildman–Crippen MR) is 87.4 cm³/mol. The second-order valence-corrected chi connectivity index (χ2v) is 5.57. The molecule has 0 saturated carbocycles. The molecule has 0 atom stereocenters. The smallest absolute Gasteiger partial charge is 0.171 e. The molecule has 0 unspecified atom stereocenters. The number of phenols is 1. The van der Waals surface area contributed by atoms with Gasteiger partial charge in [0, 0.05) is 18.0 Å². The number of aryl methyl sites for hydroxylation is 2. The van der Waals surface area contributed by atoms with Crippen molar-refractivity contribution < 1.29 is 9.90 Å². The minimum absolute atomic E-state index is 0.0516. The molecule has 2 aromatic carbocycles. The fourth-order valence-electron chi connectivity index (χ4n) is 2.88. The lowest BCUT2D eigenvalue weighted by atomic mass is 9.95. The number of rotatable bonds is 3. The monoisotopic (exact) mass is 291 g/mol. The average Bonchev–Trinajstić information content (AvgIpc) is 2.46. The second-order valence-electron chi connectivity index (χ2n) is 5.57. The number of aromatic hydroxyl groups is 1. The molecule has 3 rings (SSSR count). The van der Waals surface area contributed by atoms with Gasteiger partial charge in [-0.2, -0.15) is 0 Å². The number of phenolic OH excluding ortho intramolecular Hbond substituents is 1. The molecule has 22 heavy (non-hydrogen) atoms. The van der Waals surface area contributed by atoms with Crippen molar-refractivity contribution >= 4 is 16.7 Å². The first-order valence-corrected chi connectivity index (χ1v) is 7.22. The maximum absolute atomic E-state index is 12.6. The van der Waals surface area contributed by atoms with Gasteiger partial charge < -0.3 is 5.11 Å². The minimum atomic E-state index is -0.0897. The van der Waals surface area contributed by atoms with Crippen LogP contribution in [0.25, 0.3) is 10.9 Å². The third-order valence-corrected chi connectivity index (χ3v) is 3.81. The Balaban J connectivity index is 2.01. The molecule has 0 aliphatic carbocycles. The van der Waals surface area contributed by atoms with Crippen molar-refractivity contribution in [1.82, 2.24) is 4.98 Å². The number of hydrogen-bond acceptors (Lipinski definition) is 3. The molecule has 1 N–H and O–H groups in total. The van der Waals surface area contributed by atoms with Crippen LogP contribution in [0.5, 0.6) is 5.75 Å². The van der Waals surface area contributed by atoms with Crippen LogP contribution in [0, 0.1) is 13.8 Å². The van der Waals surface area contributed by atoms with Crippen LogP contribution in [0.2, 0.25) is 0 Å². The Morgan fingerprint density at radius 2 is 1.91 bits per heavy atom. The van der Waals surface area contributed by atoms with E-state index >= 15 is 0 Å². The number of hydrogen-bond donors (Lipinski definition) is 1. The van der Waals surface area contributed by atoms with Crippen LogP contribution < -0.4 is 0 Å². The minimum Gasteiger partial charge on any atom is -0.507 e. The van der Waals surface area contributed by atoms with Gasteiger partial charge >= 0.3 is 0 Å². The van der Waals surface area contributed by atoms with E-state index in [4.69, 9.17) is 0 Å². The Bertz CT molecular complexity index is 840. The first kappa shape index (κ1) is 14.3. The van der Waals surface area contributed by atoms with Crippen molar-refractivity contribution in [1.29, 1.82) is 0 Å². The summed E-state index contributed by atoms with van der Waals surface area (Å²) >= 11 is 0. The maximum Gasteiger partial charge on any atom is 0.171 e. The van der Waals surface area contributed by atoms with Crippen molar-refractivity contribution in [2.75, 3.05) is 0 Å². The van der Waals surface area contributed by atoms with Crippen LogP contribution in [0.4, 0.5) is 0 Å². The van der Waals surface area contributed by atoms with E-state index in [1.54, 1.807) is 12.3 Å². The molecule has 0 amide bonds. The number of benzene rings is 2. The highest BCUT2D eigenvalue weighted by atomic mass is 16.3. The molecule has 0 bridgehead atoms. The van der Waals surface area contributed by atoms with Crippen LogP contribution >= 0.6 is 0 Å². The summed E-state index contributed by atoms with van der Waals surface area (Å²) in [5, 5.41) is 11.1. The Morgan fingerprint density at radius 3 is 2.68 bits per heavy atom. The highest BCUT2D eigenvalue weighted by Crippen LogP contribution is 2.26. The van der Waals surface area contributed by atoms with Gasteiger partial charge in [-0.3, -0.25) is 9.78 Å². The first-order chi connectivity index (χ1) is 10.6. The number of Topliss-reactive ketones (excluding diaryl/α,β-unsaturated/α-hetero) is 1. The van der Waals surface area contributed by atoms with Gasteiger partial charge in [-0.1, -0.05) is 30.3 Å². The van der Waals surface area contributed by atoms with E-state index in [-0.39, 0.29) is 18.0 Å². The Morgan fingerprint density at radius 1 is 1.14 bits per heavy atom. The van der Waals surface area contributed by atoms with Crippen LogP contribution in [0.1, 0.15) is 27.0 Å². The Hall–Kier alpha value is -2.68. The maximum atomic E-state index is 12.6. The van der Waals surface area contributed by atoms with Crippen LogP contribution in [0.3, 0.4) is 0 Å². The van der Waals surface area contributed by atoms with Crippen LogP contribution in [-0.4, -0.2) is 15.9 Å². The van der Waals surface area contributed by atoms with Crippen LogP contribution in [-0.2, 0) is 6.42 Å². The number of pyridine rings is 1. The number of carbonyl (C=O) groups is 1. The van der Waals surface area contributed by atoms with E-state index in [1.165, 1.54) is 0 Å². The molecule has 3 aromatic rings. The summed E-state index contributed by atoms with van der Waals surface area (Å²) in [6.45, 7) is 3.75. The van der Waals surface area contributed by atoms with E-state index < -0.39 is 0 Å². The Labute approximate surface area is 129 Å². The van der Waals surface area contributed by atoms with Gasteiger partial charge in [-0.05, 0) is 42.7 Å². The van der Waals surface area contributed by atoms with Gasteiger partial charge in [0.05, 0.1) is 11.1 Å². The van der Waals surface area contributed by atoms with Crippen molar-refractivity contribution in [3.63, 3.8) is 0 Å². The molecule has 0 aliphatic heterocycles. The van der Waals surface area contributed by atoms with Crippen molar-refractivity contribution in [3.8, 4) is 5.75 Å². The number of carbonyl (C=O) groups excluding carboxylic acids is 1. The van der Waals surface area contributed by atoms with Crippen molar-refractivity contribution in [2.24, 2.45) is 0 Å². The molecule has 0 radical (unpaired) electrons. The lowest BCUT2D eigenvalue weighted by Gasteiger charge is -2.10. The van der Waals surface area contributed by atoms with Crippen molar-refractivity contribution in [2.45, 2.75) is 20.3 Å². The zero-order valence-electron chi connectivity index (χ0n) is 12.6. The molecule has 3 heteroatoms. The van der Waals surface area contributed by atoms with Gasteiger partial charge in [0.25, 0.3) is 0 Å². The molecular weight excluding hydrogens is 274 g/mol. The lowest BCUT2D eigenvalue weighted by Crippen LogP contribution is -2.07. The van der Waals surface area contributed by atoms with Gasteiger partial charge in [-0.25, -0.2) is 0 Å². The average molecular weight is 291 g/mol. The molecule has 0 saturated heterocycles. The fourth-order valence-corrected chi connectivity index (χ4v) is 2.88. The molecule has 0 spiro atoms. The SMILES string of the molecule is Cc1cc(C)c(C(=O)Cc2cccc3cccnc23)c(O)c1. The molecule has 110 valence electrons. The van der Waals surface area contributed by atoms with Crippen molar-refractivity contribution in [3.05, 3.63) is 70.9 Å². The van der Waals surface area contributed by atoms with Gasteiger partial charge in [0.15, 0.2) is 5.78 Å². The van der Waals surface area contributed by atoms with Gasteiger partial charge in [0.1, 0.15) is 5.75 Å². The van der Waals surface area contributed by atoms with Gasteiger partial charge in [-0.15, -0.1) is 0 Å². The number of ketones is 1. The molecule has 0 fully saturated rings. The number of aromatic nitrogens is 1. The quantitative estimate of drug-likeness (QED) is 0.742. The normalized spacial score (nSPS) is 10.8. The lowest BCUT2D eigenvalue weighted by molar-refractivity contribution is 0.0990. The zero-order chi connectivity index (χ0) is 15.7. The number of para-hydroxylation sites is 1. The number of fused-ring (bicyclic) bond motifs is 1. The topological polar surface area (TPSA) is 50.2 Å². The van der Waals surface area contributed by atoms with E-state index in [2.05, 4.69) is 4.98 Å². The summed E-state index contributed by atoms with van der Waals surface area (Å²) in [6, 6.07) is 13.2. The predicted octanol–water partition coefficient (Wildman–Crippen LogP) is 3.98. The van der Waals surface area contributed by atoms with E-state index in [0.29, 0.717) is 5.56 Å². The fraction of sp³-hybridized carbons (Fsp3) is 0.158. The zero-order valence-corrected chi connectivity index (χ0v) is 12.6. The van der Waals surface area contributed by atoms with E-state index in [9.17, 15) is 9.90 Å². The third kappa shape index (κ3) is 2.58. The van der Waals surface area contributed by atoms with E-state index in [0.717, 1.165) is 27.6 Å². The first-order valence-electron chi connectivity index (χ1n) is 7.22. The van der Waals surface area contributed by atoms with Crippen LogP contribution in [0.15, 0.2) is 48.7 Å².